The first-order valence-corrected chi connectivity index (χ1v) is 13.2. The van der Waals surface area contributed by atoms with Crippen molar-refractivity contribution >= 4 is 35.8 Å². The van der Waals surface area contributed by atoms with Crippen molar-refractivity contribution in [3.8, 4) is 0 Å². The van der Waals surface area contributed by atoms with Crippen molar-refractivity contribution in [3.05, 3.63) is 30.3 Å². The lowest BCUT2D eigenvalue weighted by Gasteiger charge is -2.39. The van der Waals surface area contributed by atoms with Gasteiger partial charge in [-0.05, 0) is 12.1 Å². The fraction of sp³-hybridized carbons (Fsp3) is 0.571. The van der Waals surface area contributed by atoms with Crippen molar-refractivity contribution in [1.29, 1.82) is 0 Å². The Morgan fingerprint density at radius 3 is 1.54 bits per heavy atom. The van der Waals surface area contributed by atoms with E-state index >= 15 is 0 Å². The number of halogens is 9. The maximum absolute atomic E-state index is 14.3. The predicted molar refractivity (Wildman–Crippen MR) is 101 cm³/mol. The first-order chi connectivity index (χ1) is 15.5. The Kier molecular flexibility index (Phi) is 7.49. The summed E-state index contributed by atoms with van der Waals surface area (Å²) in [6.07, 6.45) is 0. The average molecular weight is 587 g/mol. The molecule has 1 aliphatic rings. The van der Waals surface area contributed by atoms with Gasteiger partial charge in [0.1, 0.15) is 0 Å². The summed E-state index contributed by atoms with van der Waals surface area (Å²) in [5.74, 6) is -7.43. The van der Waals surface area contributed by atoms with Crippen LogP contribution in [-0.2, 0) is 30.1 Å². The third-order valence-corrected chi connectivity index (χ3v) is 9.86. The number of hydrogen-bond acceptors (Lipinski definition) is 7. The van der Waals surface area contributed by atoms with Crippen LogP contribution in [0.25, 0.3) is 0 Å². The first-order valence-electron chi connectivity index (χ1n) is 8.80. The van der Waals surface area contributed by atoms with Crippen LogP contribution >= 0.6 is 0 Å². The Bertz CT molecular complexity index is 1250. The smallest absolute Gasteiger partial charge is 0.369 e. The molecular weight excluding hydrogens is 573 g/mol. The summed E-state index contributed by atoms with van der Waals surface area (Å²) < 4.78 is 189. The molecule has 0 bridgehead atoms. The largest absolute Gasteiger partial charge is 0.512 e. The second-order valence-electron chi connectivity index (χ2n) is 6.87. The summed E-state index contributed by atoms with van der Waals surface area (Å²) in [5.41, 5.74) is -6.16. The number of nitrogens with one attached hydrogen (secondary N) is 1. The molecule has 0 aromatic heterocycles. The van der Waals surface area contributed by atoms with Gasteiger partial charge in [0.05, 0.1) is 0 Å². The summed E-state index contributed by atoms with van der Waals surface area (Å²) in [5, 5.41) is -14.3. The van der Waals surface area contributed by atoms with E-state index in [1.54, 1.807) is 18.2 Å². The Hall–Kier alpha value is -1.84. The zero-order valence-corrected chi connectivity index (χ0v) is 19.1. The van der Waals surface area contributed by atoms with Gasteiger partial charge in [-0.3, -0.25) is 0 Å². The highest BCUT2D eigenvalue weighted by Crippen LogP contribution is 2.51. The number of nitrogens with zero attached hydrogens (tertiary/aromatic N) is 2. The van der Waals surface area contributed by atoms with E-state index in [-0.39, 0.29) is 17.4 Å². The first kappa shape index (κ1) is 29.4. The van der Waals surface area contributed by atoms with E-state index < -0.39 is 69.2 Å². The molecule has 1 heterocycles. The van der Waals surface area contributed by atoms with E-state index in [0.717, 1.165) is 0 Å². The quantitative estimate of drug-likeness (QED) is 0.460. The fourth-order valence-corrected chi connectivity index (χ4v) is 6.63. The van der Waals surface area contributed by atoms with Gasteiger partial charge >= 0.3 is 32.0 Å². The van der Waals surface area contributed by atoms with Gasteiger partial charge in [0, 0.05) is 31.9 Å². The average Bonchev–Trinajstić information content (AvgIpc) is 2.72. The van der Waals surface area contributed by atoms with Gasteiger partial charge < -0.3 is 4.90 Å². The molecule has 9 nitrogen and oxygen atoms in total. The second kappa shape index (κ2) is 8.92. The van der Waals surface area contributed by atoms with Crippen LogP contribution in [0.5, 0.6) is 0 Å². The molecule has 202 valence electrons. The van der Waals surface area contributed by atoms with Crippen molar-refractivity contribution in [2.45, 2.75) is 21.9 Å². The van der Waals surface area contributed by atoms with Crippen molar-refractivity contribution in [2.24, 2.45) is 0 Å². The van der Waals surface area contributed by atoms with Crippen molar-refractivity contribution in [1.82, 2.24) is 8.43 Å². The fourth-order valence-electron chi connectivity index (χ4n) is 2.73. The van der Waals surface area contributed by atoms with Gasteiger partial charge in [0.15, 0.2) is 0 Å². The van der Waals surface area contributed by atoms with E-state index in [1.807, 2.05) is 0 Å². The lowest BCUT2D eigenvalue weighted by atomic mass is 10.2. The standard InChI is InChI=1S/C14H14F9N3O6S3/c15-11(16,12(17,18)33(27,28)24-34(29,30)14(21,22)23)13(19,20)35(31,32)26-8-6-25(7-9-26)10-4-2-1-3-5-10/h1-5,24H,6-9H2. The summed E-state index contributed by atoms with van der Waals surface area (Å²) in [6, 6.07) is 7.78. The minimum atomic E-state index is -7.79. The summed E-state index contributed by atoms with van der Waals surface area (Å²) in [7, 11) is -21.8. The zero-order chi connectivity index (χ0) is 27.3. The molecule has 0 spiro atoms. The molecule has 0 radical (unpaired) electrons. The van der Waals surface area contributed by atoms with Gasteiger partial charge in [0.2, 0.25) is 0 Å². The molecule has 21 heteroatoms. The molecule has 0 saturated carbocycles. The van der Waals surface area contributed by atoms with Gasteiger partial charge in [-0.15, -0.1) is 0 Å². The highest BCUT2D eigenvalue weighted by Gasteiger charge is 2.83. The summed E-state index contributed by atoms with van der Waals surface area (Å²) >= 11 is 0. The molecule has 1 saturated heterocycles. The van der Waals surface area contributed by atoms with Crippen LogP contribution in [-0.4, -0.2) is 77.7 Å². The summed E-state index contributed by atoms with van der Waals surface area (Å²) in [4.78, 5) is 1.42. The maximum Gasteiger partial charge on any atom is 0.512 e. The number of sulfonamides is 3. The predicted octanol–water partition coefficient (Wildman–Crippen LogP) is 1.73. The lowest BCUT2D eigenvalue weighted by molar-refractivity contribution is -0.245. The SMILES string of the molecule is O=S(=O)(NS(=O)(=O)C(F)(F)C(F)(F)C(F)(F)S(=O)(=O)N1CCN(c2ccccc2)CC1)C(F)(F)F. The number of alkyl halides is 9. The monoisotopic (exact) mass is 587 g/mol. The van der Waals surface area contributed by atoms with Crippen LogP contribution in [0.15, 0.2) is 30.3 Å². The highest BCUT2D eigenvalue weighted by molar-refractivity contribution is 8.05. The van der Waals surface area contributed by atoms with Crippen LogP contribution in [0.3, 0.4) is 0 Å². The Balaban J connectivity index is 2.36. The van der Waals surface area contributed by atoms with Crippen LogP contribution in [0.1, 0.15) is 0 Å². The zero-order valence-electron chi connectivity index (χ0n) is 16.7. The molecule has 1 fully saturated rings. The van der Waals surface area contributed by atoms with Gasteiger partial charge in [-0.1, -0.05) is 22.3 Å². The Morgan fingerprint density at radius 2 is 1.11 bits per heavy atom. The number of para-hydroxylation sites is 1. The highest BCUT2D eigenvalue weighted by atomic mass is 32.3. The van der Waals surface area contributed by atoms with Gasteiger partial charge in [-0.2, -0.15) is 43.8 Å². The lowest BCUT2D eigenvalue weighted by Crippen LogP contribution is -2.66. The Morgan fingerprint density at radius 1 is 0.657 bits per heavy atom. The van der Waals surface area contributed by atoms with E-state index in [4.69, 9.17) is 0 Å². The topological polar surface area (TPSA) is 121 Å². The molecule has 1 aliphatic heterocycles. The van der Waals surface area contributed by atoms with Crippen molar-refractivity contribution in [3.63, 3.8) is 0 Å². The molecule has 2 rings (SSSR count). The van der Waals surface area contributed by atoms with Crippen molar-refractivity contribution in [2.75, 3.05) is 31.1 Å². The van der Waals surface area contributed by atoms with Gasteiger partial charge in [0.25, 0.3) is 20.0 Å². The molecule has 0 atom stereocenters. The number of hydrogen-bond donors (Lipinski definition) is 1. The minimum Gasteiger partial charge on any atom is -0.369 e. The minimum absolute atomic E-state index is 0.330. The third-order valence-electron chi connectivity index (χ3n) is 4.62. The third kappa shape index (κ3) is 4.91. The van der Waals surface area contributed by atoms with E-state index in [9.17, 15) is 64.8 Å². The van der Waals surface area contributed by atoms with E-state index in [1.165, 1.54) is 17.0 Å². The van der Waals surface area contributed by atoms with Crippen LogP contribution in [0, 0.1) is 0 Å². The van der Waals surface area contributed by atoms with Crippen molar-refractivity contribution < 1.29 is 64.8 Å². The normalized spacial score (nSPS) is 18.0. The summed E-state index contributed by atoms with van der Waals surface area (Å²) in [6.45, 7) is -2.65. The molecule has 0 amide bonds. The molecule has 1 aromatic carbocycles. The molecule has 35 heavy (non-hydrogen) atoms. The van der Waals surface area contributed by atoms with E-state index in [2.05, 4.69) is 0 Å². The van der Waals surface area contributed by atoms with Crippen LogP contribution < -0.4 is 9.03 Å². The molecule has 0 aliphatic carbocycles. The number of benzene rings is 1. The van der Waals surface area contributed by atoms with Crippen LogP contribution in [0.4, 0.5) is 45.2 Å². The molecule has 0 unspecified atom stereocenters. The molecule has 1 N–H and O–H groups in total. The Labute approximate surface area is 192 Å². The molecular formula is C14H14F9N3O6S3. The maximum atomic E-state index is 14.3. The van der Waals surface area contributed by atoms with Gasteiger partial charge in [-0.25, -0.2) is 25.3 Å². The molecule has 1 aromatic rings. The number of anilines is 1. The van der Waals surface area contributed by atoms with E-state index in [0.29, 0.717) is 5.69 Å². The second-order valence-corrected chi connectivity index (χ2v) is 12.5. The number of piperazine rings is 1. The van der Waals surface area contributed by atoms with Crippen LogP contribution in [0.2, 0.25) is 0 Å². The number of rotatable bonds is 8.